The molecular formula is C67H101N7O20S. The van der Waals surface area contributed by atoms with Crippen molar-refractivity contribution < 1.29 is 95.1 Å². The van der Waals surface area contributed by atoms with Crippen molar-refractivity contribution in [3.8, 4) is 17.6 Å². The van der Waals surface area contributed by atoms with Gasteiger partial charge in [0, 0.05) is 108 Å². The number of aliphatic hydroxyl groups is 3. The molecule has 28 heteroatoms. The number of carbonyl (C=O) groups is 6. The first-order valence-electron chi connectivity index (χ1n) is 33.1. The van der Waals surface area contributed by atoms with Crippen molar-refractivity contribution in [2.75, 3.05) is 129 Å². The number of nitrogens with zero attached hydrogens (tertiary/aromatic N) is 5. The number of anilines is 3. The highest BCUT2D eigenvalue weighted by Crippen LogP contribution is 2.41. The fourth-order valence-electron chi connectivity index (χ4n) is 9.24. The number of unbranched alkanes of at least 4 members (excludes halogenated alkanes) is 12. The van der Waals surface area contributed by atoms with Crippen molar-refractivity contribution >= 4 is 74.4 Å². The molecule has 530 valence electrons. The van der Waals surface area contributed by atoms with Gasteiger partial charge >= 0.3 is 35.8 Å². The number of esters is 6. The minimum atomic E-state index is -4.12. The smallest absolute Gasteiger partial charge is 0.305 e. The van der Waals surface area contributed by atoms with E-state index in [2.05, 4.69) is 26.9 Å². The highest BCUT2D eigenvalue weighted by atomic mass is 32.2. The fourth-order valence-corrected chi connectivity index (χ4v) is 10.7. The van der Waals surface area contributed by atoms with E-state index in [-0.39, 0.29) is 187 Å². The fraction of sp³-hybridized carbons (Fsp3) is 0.642. The van der Waals surface area contributed by atoms with Crippen LogP contribution in [0.4, 0.5) is 28.7 Å². The number of para-hydroxylation sites is 1. The lowest BCUT2D eigenvalue weighted by Gasteiger charge is -2.22. The van der Waals surface area contributed by atoms with Crippen LogP contribution >= 0.6 is 0 Å². The zero-order valence-corrected chi connectivity index (χ0v) is 56.6. The molecule has 3 aromatic rings. The van der Waals surface area contributed by atoms with Crippen LogP contribution in [-0.2, 0) is 71.8 Å². The molecule has 2 aromatic carbocycles. The summed E-state index contributed by atoms with van der Waals surface area (Å²) in [4.78, 5) is 79.3. The summed E-state index contributed by atoms with van der Waals surface area (Å²) in [6.45, 7) is 3.43. The van der Waals surface area contributed by atoms with E-state index in [1.165, 1.54) is 26.4 Å². The molecule has 0 fully saturated rings. The Bertz CT molecular complexity index is 2880. The number of nitrogens with one attached hydrogen (secondary N) is 2. The first-order chi connectivity index (χ1) is 46.1. The molecule has 0 saturated heterocycles. The molecule has 0 aliphatic heterocycles. The van der Waals surface area contributed by atoms with Crippen molar-refractivity contribution in [3.05, 3.63) is 53.6 Å². The monoisotopic (exact) mass is 1360 g/mol. The van der Waals surface area contributed by atoms with E-state index in [0.29, 0.717) is 133 Å². The summed E-state index contributed by atoms with van der Waals surface area (Å²) in [5.74, 6) is -2.03. The summed E-state index contributed by atoms with van der Waals surface area (Å²) >= 11 is 0. The predicted molar refractivity (Wildman–Crippen MR) is 353 cm³/mol. The number of pyridine rings is 1. The molecular weight excluding hydrogens is 1250 g/mol. The van der Waals surface area contributed by atoms with Crippen LogP contribution in [0.15, 0.2) is 57.6 Å². The second-order valence-electron chi connectivity index (χ2n) is 22.2. The molecule has 5 N–H and O–H groups in total. The van der Waals surface area contributed by atoms with Gasteiger partial charge in [-0.15, -0.1) is 10.2 Å². The number of aliphatic hydroxyl groups excluding tert-OH is 3. The summed E-state index contributed by atoms with van der Waals surface area (Å²) in [5.41, 5.74) is 1.49. The lowest BCUT2D eigenvalue weighted by molar-refractivity contribution is -0.146. The van der Waals surface area contributed by atoms with Gasteiger partial charge in [0.1, 0.15) is 59.5 Å². The molecule has 1 heterocycles. The number of ether oxygens (including phenoxy) is 9. The van der Waals surface area contributed by atoms with Crippen molar-refractivity contribution in [2.24, 2.45) is 10.2 Å². The number of rotatable bonds is 56. The Morgan fingerprint density at radius 3 is 1.41 bits per heavy atom. The first-order valence-corrected chi connectivity index (χ1v) is 34.7. The van der Waals surface area contributed by atoms with Gasteiger partial charge in [0.25, 0.3) is 0 Å². The number of nitriles is 1. The molecule has 0 unspecified atom stereocenters. The second-order valence-corrected chi connectivity index (χ2v) is 24.3. The summed E-state index contributed by atoms with van der Waals surface area (Å²) < 4.78 is 77.2. The number of hydrogen-bond donors (Lipinski definition) is 5. The van der Waals surface area contributed by atoms with E-state index in [1.807, 2.05) is 30.3 Å². The third-order valence-electron chi connectivity index (χ3n) is 14.7. The Morgan fingerprint density at radius 2 is 0.968 bits per heavy atom. The third kappa shape index (κ3) is 36.2. The molecule has 0 bridgehead atoms. The summed E-state index contributed by atoms with van der Waals surface area (Å²) in [5, 5.41) is 52.7. The van der Waals surface area contributed by atoms with Crippen LogP contribution < -0.4 is 20.1 Å². The molecule has 0 amide bonds. The lowest BCUT2D eigenvalue weighted by Crippen LogP contribution is -2.36. The molecule has 27 nitrogen and oxygen atoms in total. The summed E-state index contributed by atoms with van der Waals surface area (Å²) in [6.07, 6.45) is 13.0. The van der Waals surface area contributed by atoms with Gasteiger partial charge in [0.15, 0.2) is 15.7 Å². The summed E-state index contributed by atoms with van der Waals surface area (Å²) in [6, 6.07) is 14.0. The van der Waals surface area contributed by atoms with Crippen LogP contribution in [0.1, 0.15) is 165 Å². The number of azo groups is 1. The average Bonchev–Trinajstić information content (AvgIpc) is 0.799. The van der Waals surface area contributed by atoms with Crippen LogP contribution in [0.25, 0.3) is 0 Å². The Balaban J connectivity index is 1.48. The maximum atomic E-state index is 14.1. The van der Waals surface area contributed by atoms with E-state index < -0.39 is 27.5 Å². The van der Waals surface area contributed by atoms with Crippen LogP contribution in [0.2, 0.25) is 0 Å². The van der Waals surface area contributed by atoms with Gasteiger partial charge in [0.2, 0.25) is 0 Å². The second kappa shape index (κ2) is 50.8. The van der Waals surface area contributed by atoms with Gasteiger partial charge in [-0.25, -0.2) is 13.4 Å². The van der Waals surface area contributed by atoms with Crippen molar-refractivity contribution in [1.29, 1.82) is 5.26 Å². The highest BCUT2D eigenvalue weighted by Gasteiger charge is 2.26. The predicted octanol–water partition coefficient (Wildman–Crippen LogP) is 9.54. The Morgan fingerprint density at radius 1 is 0.526 bits per heavy atom. The van der Waals surface area contributed by atoms with Gasteiger partial charge in [-0.1, -0.05) is 37.5 Å². The first kappa shape index (κ1) is 81.7. The number of hydrogen-bond acceptors (Lipinski definition) is 27. The maximum Gasteiger partial charge on any atom is 0.305 e. The molecule has 95 heavy (non-hydrogen) atoms. The Labute approximate surface area is 559 Å². The Kier molecular flexibility index (Phi) is 43.7. The quantitative estimate of drug-likeness (QED) is 0.0152. The topological polar surface area (TPSA) is 369 Å². The normalized spacial score (nSPS) is 11.3. The van der Waals surface area contributed by atoms with E-state index in [1.54, 1.807) is 11.8 Å². The molecule has 0 saturated carbocycles. The van der Waals surface area contributed by atoms with Crippen molar-refractivity contribution in [3.63, 3.8) is 0 Å². The molecule has 1 aromatic heterocycles. The largest absolute Gasteiger partial charge is 0.495 e. The number of carbonyl (C=O) groups excluding carboxylic acids is 6. The molecule has 0 atom stereocenters. The summed E-state index contributed by atoms with van der Waals surface area (Å²) in [7, 11) is -1.47. The Hall–Kier alpha value is -7.55. The minimum absolute atomic E-state index is 0.0282. The van der Waals surface area contributed by atoms with E-state index >= 15 is 0 Å². The molecule has 0 aliphatic rings. The van der Waals surface area contributed by atoms with Gasteiger partial charge < -0.3 is 68.6 Å². The van der Waals surface area contributed by atoms with Gasteiger partial charge in [-0.05, 0) is 115 Å². The number of sulfone groups is 1. The third-order valence-corrected chi connectivity index (χ3v) is 16.4. The number of benzene rings is 2. The van der Waals surface area contributed by atoms with Crippen molar-refractivity contribution in [1.82, 2.24) is 9.88 Å². The maximum absolute atomic E-state index is 14.1. The van der Waals surface area contributed by atoms with Crippen LogP contribution in [0, 0.1) is 18.3 Å². The average molecular weight is 1360 g/mol. The molecule has 3 rings (SSSR count). The lowest BCUT2D eigenvalue weighted by atomic mass is 10.1. The molecule has 0 radical (unpaired) electrons. The van der Waals surface area contributed by atoms with Gasteiger partial charge in [-0.2, -0.15) is 5.26 Å². The zero-order chi connectivity index (χ0) is 69.2. The number of methoxy groups -OCH3 is 2. The van der Waals surface area contributed by atoms with E-state index in [4.69, 9.17) is 62.9 Å². The molecule has 0 spiro atoms. The van der Waals surface area contributed by atoms with Crippen LogP contribution in [0.5, 0.6) is 11.5 Å². The van der Waals surface area contributed by atoms with Gasteiger partial charge in [0.05, 0.1) is 58.6 Å². The van der Waals surface area contributed by atoms with Crippen LogP contribution in [-0.4, -0.2) is 188 Å². The van der Waals surface area contributed by atoms with Crippen molar-refractivity contribution in [2.45, 2.75) is 166 Å². The standard InChI is InChI=1S/C67H101N7O20S/c1-52-54(51-68)66(69-33-43-88-46-47-94-64(83)32-18-10-24-42-91-61(80)31-17-9-23-41-90-60(79)30-16-8-22-40-89-59(78)27-13-5-19-37-75)71-67(70-53-25-11-4-12-26-53)65(52)73-72-55-49-57(87-3)58(50-56(55)86-2)95(84,85)48-36-74(34-44-92-62(81)28-14-6-20-38-76)35-45-93-63(82)29-15-7-21-39-77/h4,11-12,25-26,49-50,75-77H,5-10,13-24,27-48H2,1-3H3,(H2,69,70,71). The highest BCUT2D eigenvalue weighted by molar-refractivity contribution is 7.91. The number of aromatic nitrogens is 1. The SMILES string of the molecule is COc1cc(S(=O)(=O)CCN(CCOC(=O)CCCCCO)CCOC(=O)CCCCCO)c(OC)cc1N=Nc1c(Nc2ccccc2)nc(NCCOCCOC(=O)CCCCCOC(=O)CCCCCOC(=O)CCCCCOC(=O)CCCCCO)c(C#N)c1C. The van der Waals surface area contributed by atoms with Crippen LogP contribution in [0.3, 0.4) is 0 Å². The van der Waals surface area contributed by atoms with Gasteiger partial charge in [-0.3, -0.25) is 33.7 Å². The molecule has 0 aliphatic carbocycles. The van der Waals surface area contributed by atoms with E-state index in [9.17, 15) is 42.4 Å². The zero-order valence-electron chi connectivity index (χ0n) is 55.8. The minimum Gasteiger partial charge on any atom is -0.495 e. The van der Waals surface area contributed by atoms with E-state index in [0.717, 1.165) is 12.8 Å².